The molecule has 1 fully saturated rings. The second kappa shape index (κ2) is 4.44. The third-order valence-electron chi connectivity index (χ3n) is 3.34. The normalized spacial score (nSPS) is 23.7. The summed E-state index contributed by atoms with van der Waals surface area (Å²) in [6.45, 7) is 9.46. The van der Waals surface area contributed by atoms with E-state index in [4.69, 9.17) is 0 Å². The van der Waals surface area contributed by atoms with Crippen molar-refractivity contribution < 1.29 is 4.79 Å². The number of carbonyl (C=O) groups is 1. The predicted molar refractivity (Wildman–Crippen MR) is 67.1 cm³/mol. The molecule has 0 aromatic carbocycles. The van der Waals surface area contributed by atoms with Gasteiger partial charge in [-0.25, -0.2) is 0 Å². The van der Waals surface area contributed by atoms with Gasteiger partial charge in [0.25, 0.3) is 0 Å². The van der Waals surface area contributed by atoms with Gasteiger partial charge in [-0.05, 0) is 23.7 Å². The van der Waals surface area contributed by atoms with Gasteiger partial charge in [0.15, 0.2) is 0 Å². The summed E-state index contributed by atoms with van der Waals surface area (Å²) < 4.78 is 0. The molecule has 1 rings (SSSR count). The van der Waals surface area contributed by atoms with Gasteiger partial charge in [0.1, 0.15) is 0 Å². The van der Waals surface area contributed by atoms with E-state index >= 15 is 0 Å². The lowest BCUT2D eigenvalue weighted by Gasteiger charge is -2.24. The van der Waals surface area contributed by atoms with Crippen molar-refractivity contribution >= 4 is 21.8 Å². The van der Waals surface area contributed by atoms with E-state index in [2.05, 4.69) is 48.9 Å². The molecule has 2 nitrogen and oxygen atoms in total. The largest absolute Gasteiger partial charge is 0.355 e. The molecule has 3 heteroatoms. The molecule has 1 aliphatic rings. The molecular weight excluding hydrogens is 254 g/mol. The Morgan fingerprint density at radius 1 is 1.53 bits per heavy atom. The lowest BCUT2D eigenvalue weighted by Crippen LogP contribution is -2.35. The van der Waals surface area contributed by atoms with Crippen molar-refractivity contribution in [3.8, 4) is 0 Å². The quantitative estimate of drug-likeness (QED) is 0.768. The molecule has 1 atom stereocenters. The van der Waals surface area contributed by atoms with Crippen LogP contribution < -0.4 is 5.32 Å². The van der Waals surface area contributed by atoms with Crippen molar-refractivity contribution in [1.29, 1.82) is 0 Å². The van der Waals surface area contributed by atoms with Crippen LogP contribution in [0.15, 0.2) is 0 Å². The van der Waals surface area contributed by atoms with Crippen molar-refractivity contribution in [3.63, 3.8) is 0 Å². The second-order valence-corrected chi connectivity index (χ2v) is 6.86. The van der Waals surface area contributed by atoms with E-state index in [1.165, 1.54) is 0 Å². The summed E-state index contributed by atoms with van der Waals surface area (Å²) in [4.78, 5) is 11.7. The van der Waals surface area contributed by atoms with E-state index in [1.54, 1.807) is 0 Å². The highest BCUT2D eigenvalue weighted by Gasteiger charge is 2.50. The van der Waals surface area contributed by atoms with Crippen molar-refractivity contribution in [3.05, 3.63) is 0 Å². The highest BCUT2D eigenvalue weighted by molar-refractivity contribution is 9.09. The number of carbonyl (C=O) groups excluding carboxylic acids is 1. The fraction of sp³-hybridized carbons (Fsp3) is 0.917. The molecule has 0 saturated heterocycles. The molecule has 1 saturated carbocycles. The minimum Gasteiger partial charge on any atom is -0.355 e. The van der Waals surface area contributed by atoms with Crippen LogP contribution in [0.25, 0.3) is 0 Å². The van der Waals surface area contributed by atoms with Crippen molar-refractivity contribution in [2.45, 2.75) is 40.5 Å². The molecule has 1 aliphatic carbocycles. The molecular formula is C12H22BrNO. The van der Waals surface area contributed by atoms with Crippen LogP contribution in [0.1, 0.15) is 40.5 Å². The maximum Gasteiger partial charge on any atom is 0.223 e. The van der Waals surface area contributed by atoms with Crippen molar-refractivity contribution in [1.82, 2.24) is 5.32 Å². The van der Waals surface area contributed by atoms with Crippen LogP contribution in [0.4, 0.5) is 0 Å². The third kappa shape index (κ3) is 3.78. The summed E-state index contributed by atoms with van der Waals surface area (Å²) in [6, 6.07) is 0. The van der Waals surface area contributed by atoms with Crippen LogP contribution in [0, 0.1) is 16.7 Å². The number of amides is 1. The molecule has 0 bridgehead atoms. The SMILES string of the molecule is CC(C)(CCBr)CNC(=O)C1CC1(C)C. The van der Waals surface area contributed by atoms with E-state index in [0.29, 0.717) is 0 Å². The molecule has 0 aromatic heterocycles. The van der Waals surface area contributed by atoms with E-state index in [9.17, 15) is 4.79 Å². The third-order valence-corrected chi connectivity index (χ3v) is 3.74. The van der Waals surface area contributed by atoms with E-state index in [0.717, 1.165) is 24.7 Å². The Balaban J connectivity index is 2.29. The zero-order valence-corrected chi connectivity index (χ0v) is 11.8. The zero-order valence-electron chi connectivity index (χ0n) is 10.2. The number of alkyl halides is 1. The van der Waals surface area contributed by atoms with Crippen LogP contribution in [-0.2, 0) is 4.79 Å². The molecule has 0 radical (unpaired) electrons. The first-order chi connectivity index (χ1) is 6.78. The number of hydrogen-bond acceptors (Lipinski definition) is 1. The zero-order chi connectivity index (χ0) is 11.7. The lowest BCUT2D eigenvalue weighted by atomic mass is 9.90. The highest BCUT2D eigenvalue weighted by Crippen LogP contribution is 2.51. The fourth-order valence-corrected chi connectivity index (χ4v) is 2.78. The van der Waals surface area contributed by atoms with Gasteiger partial charge in [-0.15, -0.1) is 0 Å². The molecule has 0 heterocycles. The Kier molecular flexibility index (Phi) is 3.85. The summed E-state index contributed by atoms with van der Waals surface area (Å²) in [7, 11) is 0. The lowest BCUT2D eigenvalue weighted by molar-refractivity contribution is -0.123. The Bertz CT molecular complexity index is 248. The number of rotatable bonds is 5. The van der Waals surface area contributed by atoms with Gasteiger partial charge in [0, 0.05) is 17.8 Å². The van der Waals surface area contributed by atoms with Crippen LogP contribution >= 0.6 is 15.9 Å². The Hall–Kier alpha value is -0.0500. The van der Waals surface area contributed by atoms with Crippen LogP contribution in [0.5, 0.6) is 0 Å². The summed E-state index contributed by atoms with van der Waals surface area (Å²) in [5.74, 6) is 0.486. The van der Waals surface area contributed by atoms with E-state index < -0.39 is 0 Å². The van der Waals surface area contributed by atoms with E-state index in [1.807, 2.05) is 0 Å². The molecule has 1 N–H and O–H groups in total. The minimum atomic E-state index is 0.193. The standard InChI is InChI=1S/C12H22BrNO/c1-11(2,5-6-13)8-14-10(15)9-7-12(9,3)4/h9H,5-8H2,1-4H3,(H,14,15). The smallest absolute Gasteiger partial charge is 0.223 e. The minimum absolute atomic E-state index is 0.193. The summed E-state index contributed by atoms with van der Waals surface area (Å²) >= 11 is 3.44. The summed E-state index contributed by atoms with van der Waals surface area (Å²) in [6.07, 6.45) is 2.12. The van der Waals surface area contributed by atoms with Gasteiger partial charge in [0.2, 0.25) is 5.91 Å². The molecule has 0 spiro atoms. The molecule has 1 amide bonds. The molecule has 1 unspecified atom stereocenters. The van der Waals surface area contributed by atoms with Gasteiger partial charge in [-0.2, -0.15) is 0 Å². The average molecular weight is 276 g/mol. The maximum absolute atomic E-state index is 11.7. The summed E-state index contributed by atoms with van der Waals surface area (Å²) in [5, 5.41) is 4.06. The van der Waals surface area contributed by atoms with Crippen LogP contribution in [0.2, 0.25) is 0 Å². The van der Waals surface area contributed by atoms with Gasteiger partial charge in [0.05, 0.1) is 0 Å². The Morgan fingerprint density at radius 3 is 2.47 bits per heavy atom. The van der Waals surface area contributed by atoms with Crippen molar-refractivity contribution in [2.24, 2.45) is 16.7 Å². The molecule has 88 valence electrons. The molecule has 15 heavy (non-hydrogen) atoms. The first-order valence-corrected chi connectivity index (χ1v) is 6.74. The second-order valence-electron chi connectivity index (χ2n) is 6.07. The van der Waals surface area contributed by atoms with Crippen LogP contribution in [-0.4, -0.2) is 17.8 Å². The Morgan fingerprint density at radius 2 is 2.07 bits per heavy atom. The maximum atomic E-state index is 11.7. The topological polar surface area (TPSA) is 29.1 Å². The van der Waals surface area contributed by atoms with E-state index in [-0.39, 0.29) is 22.7 Å². The number of halogens is 1. The van der Waals surface area contributed by atoms with Gasteiger partial charge < -0.3 is 5.32 Å². The number of hydrogen-bond donors (Lipinski definition) is 1. The molecule has 0 aliphatic heterocycles. The first kappa shape index (κ1) is 13.0. The average Bonchev–Trinajstić information content (AvgIpc) is 2.71. The molecule has 0 aromatic rings. The van der Waals surface area contributed by atoms with Gasteiger partial charge in [-0.1, -0.05) is 43.6 Å². The highest BCUT2D eigenvalue weighted by atomic mass is 79.9. The predicted octanol–water partition coefficient (Wildman–Crippen LogP) is 2.96. The van der Waals surface area contributed by atoms with Gasteiger partial charge >= 0.3 is 0 Å². The van der Waals surface area contributed by atoms with Crippen LogP contribution in [0.3, 0.4) is 0 Å². The summed E-state index contributed by atoms with van der Waals surface area (Å²) in [5.41, 5.74) is 0.432. The number of nitrogens with one attached hydrogen (secondary N) is 1. The van der Waals surface area contributed by atoms with Crippen molar-refractivity contribution in [2.75, 3.05) is 11.9 Å². The fourth-order valence-electron chi connectivity index (χ4n) is 1.71. The first-order valence-electron chi connectivity index (χ1n) is 5.62. The monoisotopic (exact) mass is 275 g/mol. The van der Waals surface area contributed by atoms with Gasteiger partial charge in [-0.3, -0.25) is 4.79 Å². The Labute approximate surface area is 101 Å².